The molecule has 0 spiro atoms. The number of non-ortho nitro benzene ring substituents is 1. The Labute approximate surface area is 168 Å². The summed E-state index contributed by atoms with van der Waals surface area (Å²) in [5.74, 6) is -2.28. The number of methoxy groups -OCH3 is 1. The first-order chi connectivity index (χ1) is 13.9. The summed E-state index contributed by atoms with van der Waals surface area (Å²) in [5, 5.41) is 20.2. The number of carbonyl (C=O) groups excluding carboxylic acids is 2. The molecule has 1 aliphatic rings. The van der Waals surface area contributed by atoms with Gasteiger partial charge in [0.1, 0.15) is 16.9 Å². The van der Waals surface area contributed by atoms with Crippen LogP contribution in [0.4, 0.5) is 15.8 Å². The number of halogens is 1. The molecule has 0 N–H and O–H groups in total. The number of nitro benzene ring substituents is 1. The average Bonchev–Trinajstić information content (AvgIpc) is 3.09. The summed E-state index contributed by atoms with van der Waals surface area (Å²) in [6.07, 6.45) is 0. The lowest BCUT2D eigenvalue weighted by molar-refractivity contribution is -0.384. The van der Waals surface area contributed by atoms with Crippen molar-refractivity contribution in [1.82, 2.24) is 0 Å². The third-order valence-electron chi connectivity index (χ3n) is 4.08. The lowest BCUT2D eigenvalue weighted by atomic mass is 10.0. The van der Waals surface area contributed by atoms with Crippen LogP contribution in [0.15, 0.2) is 53.1 Å². The van der Waals surface area contributed by atoms with E-state index in [0.717, 1.165) is 29.8 Å². The molecular weight excluding hydrogens is 401 g/mol. The zero-order chi connectivity index (χ0) is 21.1. The molecular formula is C19H12FN3O5S. The zero-order valence-corrected chi connectivity index (χ0v) is 15.7. The maximum absolute atomic E-state index is 14.9. The molecule has 1 amide bonds. The van der Waals surface area contributed by atoms with Crippen LogP contribution in [-0.2, 0) is 14.3 Å². The van der Waals surface area contributed by atoms with E-state index < -0.39 is 28.2 Å². The molecule has 10 heteroatoms. The van der Waals surface area contributed by atoms with Crippen LogP contribution < -0.4 is 4.90 Å². The number of hydrogen-bond donors (Lipinski definition) is 0. The molecule has 0 aromatic heterocycles. The average molecular weight is 413 g/mol. The van der Waals surface area contributed by atoms with Crippen LogP contribution in [0.25, 0.3) is 11.1 Å². The predicted octanol–water partition coefficient (Wildman–Crippen LogP) is 3.39. The van der Waals surface area contributed by atoms with Gasteiger partial charge >= 0.3 is 5.97 Å². The SMILES string of the molecule is COC(=O)/C(C#N)=C1\SCC(=O)N1c1ccc(-c2cccc([N+](=O)[O-])c2)cc1F. The van der Waals surface area contributed by atoms with Crippen molar-refractivity contribution in [2.45, 2.75) is 0 Å². The van der Waals surface area contributed by atoms with E-state index in [2.05, 4.69) is 4.74 Å². The number of nitro groups is 1. The molecule has 8 nitrogen and oxygen atoms in total. The quantitative estimate of drug-likeness (QED) is 0.248. The minimum absolute atomic E-state index is 0.00801. The molecule has 3 rings (SSSR count). The van der Waals surface area contributed by atoms with Gasteiger partial charge in [0.2, 0.25) is 5.91 Å². The Hall–Kier alpha value is -3.71. The third kappa shape index (κ3) is 3.81. The number of carbonyl (C=O) groups is 2. The second kappa shape index (κ2) is 8.12. The van der Waals surface area contributed by atoms with E-state index in [4.69, 9.17) is 0 Å². The van der Waals surface area contributed by atoms with Gasteiger partial charge < -0.3 is 4.74 Å². The molecule has 0 aliphatic carbocycles. The van der Waals surface area contributed by atoms with E-state index in [1.54, 1.807) is 12.1 Å². The van der Waals surface area contributed by atoms with Crippen LogP contribution in [-0.4, -0.2) is 29.7 Å². The predicted molar refractivity (Wildman–Crippen MR) is 103 cm³/mol. The molecule has 1 aliphatic heterocycles. The number of amides is 1. The molecule has 0 saturated carbocycles. The minimum atomic E-state index is -0.927. The molecule has 1 saturated heterocycles. The van der Waals surface area contributed by atoms with Crippen LogP contribution in [0.3, 0.4) is 0 Å². The van der Waals surface area contributed by atoms with Crippen molar-refractivity contribution in [2.24, 2.45) is 0 Å². The molecule has 2 aromatic rings. The van der Waals surface area contributed by atoms with Crippen molar-refractivity contribution in [3.63, 3.8) is 0 Å². The largest absolute Gasteiger partial charge is 0.465 e. The Balaban J connectivity index is 2.06. The Bertz CT molecular complexity index is 1110. The summed E-state index contributed by atoms with van der Waals surface area (Å²) in [6, 6.07) is 11.3. The number of hydrogen-bond acceptors (Lipinski definition) is 7. The van der Waals surface area contributed by atoms with Crippen LogP contribution in [0.1, 0.15) is 0 Å². The van der Waals surface area contributed by atoms with Gasteiger partial charge in [-0.15, -0.1) is 0 Å². The Kier molecular flexibility index (Phi) is 5.61. The standard InChI is InChI=1S/C19H12FN3O5S/c1-28-19(25)14(9-21)18-22(17(24)10-29-18)16-6-5-12(8-15(16)20)11-3-2-4-13(7-11)23(26)27/h2-8H,10H2,1H3/b18-14-. The van der Waals surface area contributed by atoms with Crippen molar-refractivity contribution in [3.8, 4) is 17.2 Å². The maximum Gasteiger partial charge on any atom is 0.351 e. The van der Waals surface area contributed by atoms with E-state index in [-0.39, 0.29) is 22.2 Å². The number of thioether (sulfide) groups is 1. The number of nitriles is 1. The van der Waals surface area contributed by atoms with Gasteiger partial charge in [0, 0.05) is 12.1 Å². The monoisotopic (exact) mass is 413 g/mol. The zero-order valence-electron chi connectivity index (χ0n) is 14.9. The van der Waals surface area contributed by atoms with Crippen molar-refractivity contribution in [1.29, 1.82) is 5.26 Å². The minimum Gasteiger partial charge on any atom is -0.465 e. The van der Waals surface area contributed by atoms with E-state index in [0.29, 0.717) is 11.1 Å². The first-order valence-corrected chi connectivity index (χ1v) is 9.08. The smallest absolute Gasteiger partial charge is 0.351 e. The van der Waals surface area contributed by atoms with Gasteiger partial charge in [-0.1, -0.05) is 30.0 Å². The van der Waals surface area contributed by atoms with E-state index >= 15 is 0 Å². The van der Waals surface area contributed by atoms with E-state index in [1.807, 2.05) is 0 Å². The van der Waals surface area contributed by atoms with Crippen molar-refractivity contribution < 1.29 is 23.6 Å². The van der Waals surface area contributed by atoms with Crippen LogP contribution in [0, 0.1) is 27.3 Å². The first-order valence-electron chi connectivity index (χ1n) is 8.10. The molecule has 0 radical (unpaired) electrons. The molecule has 29 heavy (non-hydrogen) atoms. The number of rotatable bonds is 4. The fourth-order valence-electron chi connectivity index (χ4n) is 2.75. The van der Waals surface area contributed by atoms with Gasteiger partial charge in [-0.05, 0) is 23.3 Å². The maximum atomic E-state index is 14.9. The topological polar surface area (TPSA) is 114 Å². The Morgan fingerprint density at radius 1 is 1.31 bits per heavy atom. The molecule has 1 fully saturated rings. The van der Waals surface area contributed by atoms with Gasteiger partial charge in [-0.25, -0.2) is 9.18 Å². The highest BCUT2D eigenvalue weighted by atomic mass is 32.2. The normalized spacial score (nSPS) is 15.1. The molecule has 1 heterocycles. The third-order valence-corrected chi connectivity index (χ3v) is 5.13. The summed E-state index contributed by atoms with van der Waals surface area (Å²) in [4.78, 5) is 35.5. The van der Waals surface area contributed by atoms with E-state index in [1.165, 1.54) is 30.3 Å². The molecule has 0 atom stereocenters. The van der Waals surface area contributed by atoms with Crippen molar-refractivity contribution >= 4 is 35.0 Å². The van der Waals surface area contributed by atoms with Gasteiger partial charge in [0.15, 0.2) is 5.57 Å². The second-order valence-corrected chi connectivity index (χ2v) is 6.74. The number of benzene rings is 2. The number of ether oxygens (including phenoxy) is 1. The first kappa shape index (κ1) is 20.0. The Morgan fingerprint density at radius 3 is 2.66 bits per heavy atom. The van der Waals surface area contributed by atoms with Gasteiger partial charge in [0.05, 0.1) is 23.5 Å². The lowest BCUT2D eigenvalue weighted by Crippen LogP contribution is -2.26. The molecule has 0 unspecified atom stereocenters. The van der Waals surface area contributed by atoms with Gasteiger partial charge in [-0.3, -0.25) is 19.8 Å². The Morgan fingerprint density at radius 2 is 2.03 bits per heavy atom. The highest BCUT2D eigenvalue weighted by molar-refractivity contribution is 8.04. The number of nitrogens with zero attached hydrogens (tertiary/aromatic N) is 3. The molecule has 146 valence electrons. The molecule has 2 aromatic carbocycles. The van der Waals surface area contributed by atoms with Crippen LogP contribution in [0.5, 0.6) is 0 Å². The van der Waals surface area contributed by atoms with Gasteiger partial charge in [-0.2, -0.15) is 5.26 Å². The summed E-state index contributed by atoms with van der Waals surface area (Å²) < 4.78 is 19.4. The highest BCUT2D eigenvalue weighted by Crippen LogP contribution is 2.38. The fourth-order valence-corrected chi connectivity index (χ4v) is 3.74. The van der Waals surface area contributed by atoms with Crippen LogP contribution in [0.2, 0.25) is 0 Å². The van der Waals surface area contributed by atoms with Crippen LogP contribution >= 0.6 is 11.8 Å². The van der Waals surface area contributed by atoms with Gasteiger partial charge in [0.25, 0.3) is 5.69 Å². The van der Waals surface area contributed by atoms with Crippen molar-refractivity contribution in [3.05, 3.63) is 69.0 Å². The fraction of sp³-hybridized carbons (Fsp3) is 0.105. The lowest BCUT2D eigenvalue weighted by Gasteiger charge is -2.19. The summed E-state index contributed by atoms with van der Waals surface area (Å²) in [7, 11) is 1.10. The second-order valence-electron chi connectivity index (χ2n) is 5.77. The summed E-state index contributed by atoms with van der Waals surface area (Å²) in [5.41, 5.74) is 0.120. The number of anilines is 1. The molecule has 0 bridgehead atoms. The summed E-state index contributed by atoms with van der Waals surface area (Å²) in [6.45, 7) is 0. The summed E-state index contributed by atoms with van der Waals surface area (Å²) >= 11 is 0.935. The highest BCUT2D eigenvalue weighted by Gasteiger charge is 2.35. The van der Waals surface area contributed by atoms with Crippen molar-refractivity contribution in [2.75, 3.05) is 17.8 Å². The number of esters is 1. The van der Waals surface area contributed by atoms with E-state index in [9.17, 15) is 29.4 Å².